The standard InChI is InChI=1S/C11H12FN3O2/c1-2-5-14-11(17)15-7-3-4-9(12)8(6-7)10(13)16/h2-4,6H,1,5H2,(H2,13,16)(H2,14,15,17). The first kappa shape index (κ1) is 12.7. The molecule has 0 aromatic heterocycles. The number of benzene rings is 1. The molecule has 17 heavy (non-hydrogen) atoms. The van der Waals surface area contributed by atoms with E-state index in [1.807, 2.05) is 0 Å². The van der Waals surface area contributed by atoms with E-state index in [2.05, 4.69) is 17.2 Å². The average molecular weight is 237 g/mol. The maximum Gasteiger partial charge on any atom is 0.319 e. The summed E-state index contributed by atoms with van der Waals surface area (Å²) in [6, 6.07) is 3.08. The smallest absolute Gasteiger partial charge is 0.319 e. The minimum absolute atomic E-state index is 0.272. The van der Waals surface area contributed by atoms with Crippen molar-refractivity contribution in [2.24, 2.45) is 5.73 Å². The fourth-order valence-electron chi connectivity index (χ4n) is 1.13. The molecule has 0 heterocycles. The Labute approximate surface area is 97.5 Å². The van der Waals surface area contributed by atoms with Crippen molar-refractivity contribution in [2.45, 2.75) is 0 Å². The summed E-state index contributed by atoms with van der Waals surface area (Å²) >= 11 is 0. The van der Waals surface area contributed by atoms with Crippen molar-refractivity contribution in [3.05, 3.63) is 42.2 Å². The molecule has 0 bridgehead atoms. The highest BCUT2D eigenvalue weighted by molar-refractivity contribution is 5.96. The zero-order valence-electron chi connectivity index (χ0n) is 9.00. The monoisotopic (exact) mass is 237 g/mol. The van der Waals surface area contributed by atoms with Crippen LogP contribution in [0.15, 0.2) is 30.9 Å². The van der Waals surface area contributed by atoms with Crippen LogP contribution in [-0.2, 0) is 0 Å². The minimum atomic E-state index is -0.891. The summed E-state index contributed by atoms with van der Waals surface area (Å²) < 4.78 is 13.1. The quantitative estimate of drug-likeness (QED) is 0.688. The van der Waals surface area contributed by atoms with E-state index in [-0.39, 0.29) is 11.3 Å². The highest BCUT2D eigenvalue weighted by Crippen LogP contribution is 2.14. The van der Waals surface area contributed by atoms with Crippen LogP contribution >= 0.6 is 0 Å². The maximum absolute atomic E-state index is 13.1. The number of carbonyl (C=O) groups is 2. The number of anilines is 1. The summed E-state index contributed by atoms with van der Waals surface area (Å²) in [5, 5.41) is 4.89. The van der Waals surface area contributed by atoms with Crippen molar-refractivity contribution in [1.82, 2.24) is 5.32 Å². The summed E-state index contributed by atoms with van der Waals surface area (Å²) in [6.45, 7) is 3.74. The maximum atomic E-state index is 13.1. The van der Waals surface area contributed by atoms with E-state index >= 15 is 0 Å². The van der Waals surface area contributed by atoms with Gasteiger partial charge < -0.3 is 16.4 Å². The van der Waals surface area contributed by atoms with Gasteiger partial charge in [0.15, 0.2) is 0 Å². The van der Waals surface area contributed by atoms with Gasteiger partial charge in [0, 0.05) is 12.2 Å². The molecule has 0 spiro atoms. The highest BCUT2D eigenvalue weighted by Gasteiger charge is 2.09. The Hall–Kier alpha value is -2.37. The molecular formula is C11H12FN3O2. The van der Waals surface area contributed by atoms with Crippen LogP contribution in [0.2, 0.25) is 0 Å². The molecule has 0 aliphatic heterocycles. The number of rotatable bonds is 4. The van der Waals surface area contributed by atoms with E-state index in [4.69, 9.17) is 5.73 Å². The van der Waals surface area contributed by atoms with Crippen LogP contribution in [0.4, 0.5) is 14.9 Å². The second-order valence-corrected chi connectivity index (χ2v) is 3.18. The van der Waals surface area contributed by atoms with Crippen LogP contribution in [-0.4, -0.2) is 18.5 Å². The van der Waals surface area contributed by atoms with Crippen LogP contribution in [0, 0.1) is 5.82 Å². The van der Waals surface area contributed by atoms with Crippen molar-refractivity contribution in [3.63, 3.8) is 0 Å². The number of urea groups is 1. The summed E-state index contributed by atoms with van der Waals surface area (Å²) in [7, 11) is 0. The average Bonchev–Trinajstić information content (AvgIpc) is 2.28. The number of primary amides is 1. The van der Waals surface area contributed by atoms with E-state index in [9.17, 15) is 14.0 Å². The topological polar surface area (TPSA) is 84.2 Å². The van der Waals surface area contributed by atoms with Gasteiger partial charge in [0.25, 0.3) is 5.91 Å². The summed E-state index contributed by atoms with van der Waals surface area (Å²) in [4.78, 5) is 22.1. The zero-order valence-corrected chi connectivity index (χ0v) is 9.00. The summed E-state index contributed by atoms with van der Waals surface area (Å²) in [5.74, 6) is -1.62. The Balaban J connectivity index is 2.79. The van der Waals surface area contributed by atoms with Crippen molar-refractivity contribution < 1.29 is 14.0 Å². The van der Waals surface area contributed by atoms with Gasteiger partial charge in [-0.1, -0.05) is 6.08 Å². The molecule has 1 aromatic carbocycles. The Bertz CT molecular complexity index is 460. The number of nitrogens with one attached hydrogen (secondary N) is 2. The third-order valence-electron chi connectivity index (χ3n) is 1.90. The van der Waals surface area contributed by atoms with Crippen molar-refractivity contribution in [3.8, 4) is 0 Å². The van der Waals surface area contributed by atoms with Crippen LogP contribution in [0.1, 0.15) is 10.4 Å². The molecule has 1 rings (SSSR count). The third-order valence-corrected chi connectivity index (χ3v) is 1.90. The van der Waals surface area contributed by atoms with E-state index in [1.54, 1.807) is 0 Å². The molecule has 0 atom stereocenters. The van der Waals surface area contributed by atoms with Gasteiger partial charge >= 0.3 is 6.03 Å². The fraction of sp³-hybridized carbons (Fsp3) is 0.0909. The predicted molar refractivity (Wildman–Crippen MR) is 62.1 cm³/mol. The van der Waals surface area contributed by atoms with Crippen LogP contribution in [0.5, 0.6) is 0 Å². The summed E-state index contributed by atoms with van der Waals surface area (Å²) in [6.07, 6.45) is 1.51. The molecule has 0 unspecified atom stereocenters. The van der Waals surface area contributed by atoms with Gasteiger partial charge in [-0.25, -0.2) is 9.18 Å². The number of nitrogens with two attached hydrogens (primary N) is 1. The lowest BCUT2D eigenvalue weighted by atomic mass is 10.2. The highest BCUT2D eigenvalue weighted by atomic mass is 19.1. The molecule has 0 fully saturated rings. The molecule has 90 valence electrons. The molecule has 1 aromatic rings. The third kappa shape index (κ3) is 3.60. The first-order valence-corrected chi connectivity index (χ1v) is 4.79. The number of halogens is 1. The summed E-state index contributed by atoms with van der Waals surface area (Å²) in [5.41, 5.74) is 4.98. The lowest BCUT2D eigenvalue weighted by Crippen LogP contribution is -2.28. The Morgan fingerprint density at radius 3 is 2.76 bits per heavy atom. The van der Waals surface area contributed by atoms with Gasteiger partial charge in [0.05, 0.1) is 5.56 Å². The fourth-order valence-corrected chi connectivity index (χ4v) is 1.13. The normalized spacial score (nSPS) is 9.47. The molecule has 5 nitrogen and oxygen atoms in total. The Kier molecular flexibility index (Phi) is 4.21. The van der Waals surface area contributed by atoms with E-state index in [0.717, 1.165) is 6.07 Å². The predicted octanol–water partition coefficient (Wildman–Crippen LogP) is 1.23. The zero-order chi connectivity index (χ0) is 12.8. The van der Waals surface area contributed by atoms with Crippen LogP contribution < -0.4 is 16.4 Å². The Morgan fingerprint density at radius 2 is 2.18 bits per heavy atom. The van der Waals surface area contributed by atoms with Gasteiger partial charge in [0.2, 0.25) is 0 Å². The number of hydrogen-bond acceptors (Lipinski definition) is 2. The molecule has 0 saturated heterocycles. The van der Waals surface area contributed by atoms with Crippen LogP contribution in [0.25, 0.3) is 0 Å². The molecule has 3 amide bonds. The number of carbonyl (C=O) groups excluding carboxylic acids is 2. The lowest BCUT2D eigenvalue weighted by Gasteiger charge is -2.07. The van der Waals surface area contributed by atoms with Crippen LogP contribution in [0.3, 0.4) is 0 Å². The van der Waals surface area contributed by atoms with Gasteiger partial charge in [-0.15, -0.1) is 6.58 Å². The molecule has 0 aliphatic rings. The van der Waals surface area contributed by atoms with Gasteiger partial charge in [-0.2, -0.15) is 0 Å². The minimum Gasteiger partial charge on any atom is -0.366 e. The van der Waals surface area contributed by atoms with Crippen molar-refractivity contribution >= 4 is 17.6 Å². The first-order valence-electron chi connectivity index (χ1n) is 4.79. The molecule has 0 aliphatic carbocycles. The van der Waals surface area contributed by atoms with Gasteiger partial charge in [-0.3, -0.25) is 4.79 Å². The second-order valence-electron chi connectivity index (χ2n) is 3.18. The molecular weight excluding hydrogens is 225 g/mol. The van der Waals surface area contributed by atoms with Gasteiger partial charge in [-0.05, 0) is 18.2 Å². The molecule has 4 N–H and O–H groups in total. The Morgan fingerprint density at radius 1 is 1.47 bits per heavy atom. The van der Waals surface area contributed by atoms with Crippen molar-refractivity contribution in [1.29, 1.82) is 0 Å². The van der Waals surface area contributed by atoms with Gasteiger partial charge in [0.1, 0.15) is 5.82 Å². The van der Waals surface area contributed by atoms with Crippen molar-refractivity contribution in [2.75, 3.05) is 11.9 Å². The molecule has 6 heteroatoms. The largest absolute Gasteiger partial charge is 0.366 e. The molecule has 0 radical (unpaired) electrons. The van der Waals surface area contributed by atoms with E-state index in [1.165, 1.54) is 18.2 Å². The molecule has 0 saturated carbocycles. The lowest BCUT2D eigenvalue weighted by molar-refractivity contribution is 0.0996. The SMILES string of the molecule is C=CCNC(=O)Nc1ccc(F)c(C(N)=O)c1. The number of hydrogen-bond donors (Lipinski definition) is 3. The first-order chi connectivity index (χ1) is 8.04. The van der Waals surface area contributed by atoms with E-state index < -0.39 is 17.8 Å². The number of amides is 3. The second kappa shape index (κ2) is 5.64. The van der Waals surface area contributed by atoms with E-state index in [0.29, 0.717) is 6.54 Å².